The quantitative estimate of drug-likeness (QED) is 0.0233. The molecule has 0 aliphatic rings. The number of amides is 11. The van der Waals surface area contributed by atoms with Gasteiger partial charge < -0.3 is 151 Å². The van der Waals surface area contributed by atoms with E-state index >= 15 is 0 Å². The van der Waals surface area contributed by atoms with Crippen LogP contribution in [-0.4, -0.2) is 362 Å². The predicted molar refractivity (Wildman–Crippen MR) is 399 cm³/mol. The number of thiol groups is 1. The number of aliphatic hydroxyl groups excluding tert-OH is 15. The average Bonchev–Trinajstić information content (AvgIpc) is 0.793. The third-order valence-corrected chi connectivity index (χ3v) is 18.0. The molecule has 49 nitrogen and oxygen atoms in total. The number of aromatic nitrogens is 4. The largest absolute Gasteiger partial charge is 0.481 e. The molecule has 0 saturated carbocycles. The van der Waals surface area contributed by atoms with Gasteiger partial charge in [0.25, 0.3) is 11.5 Å². The van der Waals surface area contributed by atoms with Gasteiger partial charge in [0, 0.05) is 81.2 Å². The number of carboxylic acids is 3. The predicted octanol–water partition coefficient (Wildman–Crippen LogP) is -13.1. The fraction of sp³-hybridized carbons (Fsp3) is 0.612. The van der Waals surface area contributed by atoms with E-state index in [1.165, 1.54) is 6.92 Å². The van der Waals surface area contributed by atoms with Crippen molar-refractivity contribution in [2.75, 3.05) is 55.8 Å². The van der Waals surface area contributed by atoms with Crippen molar-refractivity contribution < 1.29 is 172 Å². The highest BCUT2D eigenvalue weighted by Gasteiger charge is 2.44. The van der Waals surface area contributed by atoms with Crippen molar-refractivity contribution in [3.8, 4) is 0 Å². The zero-order chi connectivity index (χ0) is 90.7. The first-order chi connectivity index (χ1) is 56.2. The Hall–Kier alpha value is -10.6. The van der Waals surface area contributed by atoms with Crippen LogP contribution in [0.1, 0.15) is 100 Å². The molecular weight excluding hydrogens is 1650 g/mol. The van der Waals surface area contributed by atoms with Gasteiger partial charge in [-0.2, -0.15) is 30.8 Å². The number of rotatable bonds is 54. The monoisotopic (exact) mass is 1740 g/mol. The van der Waals surface area contributed by atoms with Crippen molar-refractivity contribution in [3.05, 3.63) is 52.1 Å². The molecule has 0 bridgehead atoms. The minimum absolute atomic E-state index is 0.219. The Kier molecular flexibility index (Phi) is 43.5. The van der Waals surface area contributed by atoms with Gasteiger partial charge >= 0.3 is 30.0 Å². The maximum absolute atomic E-state index is 14.6. The number of H-pyrrole nitrogens is 1. The molecule has 2 heterocycles. The highest BCUT2D eigenvalue weighted by molar-refractivity contribution is 7.80. The van der Waals surface area contributed by atoms with E-state index < -0.39 is 344 Å². The second-order valence-corrected chi connectivity index (χ2v) is 27.4. The summed E-state index contributed by atoms with van der Waals surface area (Å²) in [5.41, 5.74) is 2.92. The Morgan fingerprint density at radius 1 is 0.475 bits per heavy atom. The number of fused-ring (bicyclic) bond motifs is 1. The summed E-state index contributed by atoms with van der Waals surface area (Å²) in [5.74, 6) is -21.2. The number of nitrogen functional groups attached to an aromatic ring is 1. The summed E-state index contributed by atoms with van der Waals surface area (Å²) in [5, 5.41) is 200. The van der Waals surface area contributed by atoms with Crippen LogP contribution in [0.4, 0.5) is 24.8 Å². The van der Waals surface area contributed by atoms with Gasteiger partial charge in [-0.15, -0.1) is 0 Å². The number of benzene rings is 1. The van der Waals surface area contributed by atoms with Gasteiger partial charge in [0.15, 0.2) is 11.2 Å². The third-order valence-electron chi connectivity index (χ3n) is 17.7. The van der Waals surface area contributed by atoms with Gasteiger partial charge in [-0.1, -0.05) is 0 Å². The van der Waals surface area contributed by atoms with E-state index in [0.717, 1.165) is 30.5 Å². The van der Waals surface area contributed by atoms with Gasteiger partial charge in [0.05, 0.1) is 56.6 Å². The van der Waals surface area contributed by atoms with Crippen LogP contribution in [0.2, 0.25) is 0 Å². The Morgan fingerprint density at radius 2 is 0.817 bits per heavy atom. The van der Waals surface area contributed by atoms with Crippen LogP contribution in [0.15, 0.2) is 35.3 Å². The van der Waals surface area contributed by atoms with Crippen LogP contribution < -0.4 is 69.4 Å². The fourth-order valence-electron chi connectivity index (χ4n) is 10.7. The van der Waals surface area contributed by atoms with E-state index in [9.17, 15) is 172 Å². The lowest BCUT2D eigenvalue weighted by atomic mass is 10.0. The number of aliphatic hydroxyl groups is 15. The van der Waals surface area contributed by atoms with E-state index in [-0.39, 0.29) is 34.2 Å². The molecule has 0 unspecified atom stereocenters. The van der Waals surface area contributed by atoms with Crippen LogP contribution in [0, 0.1) is 0 Å². The normalized spacial score (nSPS) is 16.3. The number of carbonyl (C=O) groups excluding carboxylic acids is 11. The Balaban J connectivity index is 2.07. The lowest BCUT2D eigenvalue weighted by Gasteiger charge is -2.28. The topological polar surface area (TPSA) is 824 Å². The van der Waals surface area contributed by atoms with E-state index in [1.54, 1.807) is 0 Å². The first kappa shape index (κ1) is 104. The van der Waals surface area contributed by atoms with Crippen molar-refractivity contribution in [1.82, 2.24) is 73.1 Å². The summed E-state index contributed by atoms with van der Waals surface area (Å²) in [6, 6.07) is -9.58. The molecule has 0 fully saturated rings. The van der Waals surface area contributed by atoms with E-state index in [2.05, 4.69) is 80.4 Å². The number of alkyl halides is 3. The lowest BCUT2D eigenvalue weighted by molar-refractivity contribution is -0.170. The Morgan fingerprint density at radius 3 is 1.16 bits per heavy atom. The van der Waals surface area contributed by atoms with E-state index in [1.807, 2.05) is 5.32 Å². The SMILES string of the molecule is C[C@H](CCC(=O)N[C@@H](CCC(=O)NC[C@H](O)[C@@H](O)[C@H](O)[C@H](O)CO)C(=O)N[C@H](CCC(=O)O)C(=O)N[C@@H](CCC(=O)NC[C@H](O)[C@@H](O)[C@H](O)[C@H](O)CO)C(=O)N[C@H](CCC(=O)O)C(=O)N[C@@H](CCC(=O)NC[C@H](O)[C@@H](O)[C@H](O)[C@H](O)CO)C(=O)N[C@H](CS)C(=O)O)NC(=O)c1ccc(N(Cc2cnc3nc(N)[nH]c(=O)c3n2)C(=O)C(F)(F)F)cc1. The smallest absolute Gasteiger partial charge is 0.471 e. The van der Waals surface area contributed by atoms with Crippen LogP contribution in [-0.2, 0) is 68.9 Å². The number of halogens is 3. The molecule has 2 aromatic heterocycles. The summed E-state index contributed by atoms with van der Waals surface area (Å²) in [6.45, 7) is -5.57. The molecule has 0 aliphatic heterocycles. The zero-order valence-corrected chi connectivity index (χ0v) is 64.5. The molecule has 3 rings (SSSR count). The maximum Gasteiger partial charge on any atom is 0.471 e. The molecule has 0 saturated heterocycles. The Labute approximate surface area is 681 Å². The number of hydrogen-bond acceptors (Lipinski definition) is 35. The summed E-state index contributed by atoms with van der Waals surface area (Å²) >= 11 is 3.87. The molecule has 0 spiro atoms. The average molecular weight is 1750 g/mol. The second-order valence-electron chi connectivity index (χ2n) is 27.1. The van der Waals surface area contributed by atoms with Gasteiger partial charge in [-0.3, -0.25) is 77.0 Å². The van der Waals surface area contributed by atoms with E-state index in [4.69, 9.17) is 10.8 Å². The molecule has 672 valence electrons. The van der Waals surface area contributed by atoms with Crippen LogP contribution in [0.5, 0.6) is 0 Å². The van der Waals surface area contributed by atoms with Crippen molar-refractivity contribution in [3.63, 3.8) is 0 Å². The van der Waals surface area contributed by atoms with E-state index in [0.29, 0.717) is 0 Å². The molecule has 31 N–H and O–H groups in total. The molecule has 120 heavy (non-hydrogen) atoms. The minimum atomic E-state index is -5.48. The fourth-order valence-corrected chi connectivity index (χ4v) is 10.9. The molecule has 53 heteroatoms. The summed E-state index contributed by atoms with van der Waals surface area (Å²) < 4.78 is 41.9. The third kappa shape index (κ3) is 34.6. The van der Waals surface area contributed by atoms with Gasteiger partial charge in [-0.05, 0) is 69.7 Å². The van der Waals surface area contributed by atoms with Gasteiger partial charge in [-0.25, -0.2) is 14.8 Å². The number of carboxylic acid groups (broad SMARTS) is 3. The van der Waals surface area contributed by atoms with Crippen molar-refractivity contribution in [2.45, 2.75) is 212 Å². The van der Waals surface area contributed by atoms with Crippen LogP contribution >= 0.6 is 12.6 Å². The van der Waals surface area contributed by atoms with Crippen molar-refractivity contribution in [2.24, 2.45) is 0 Å². The Bertz CT molecular complexity index is 4030. The van der Waals surface area contributed by atoms with Crippen molar-refractivity contribution in [1.29, 1.82) is 0 Å². The molecule has 3 aromatic rings. The second kappa shape index (κ2) is 50.4. The van der Waals surface area contributed by atoms with Crippen LogP contribution in [0.25, 0.3) is 11.2 Å². The number of aliphatic carboxylic acids is 3. The first-order valence-electron chi connectivity index (χ1n) is 36.4. The number of carbonyl (C=O) groups is 14. The molecule has 19 atom stereocenters. The standard InChI is InChI=1S/C67H99F3N16O33S/c1-27(76-57(110)28-3-5-30(6-4-28)86(65(119)67(68,69)70)22-29-18-75-56-49(77-29)63(116)85-66(71)84-56)2-12-46(99)78-31(7-13-43(96)72-19-37(90)50(104)53(107)40(93)23-87)58(111)81-34(10-16-47(100)101)60(113)79-32(8-14-44(97)73-20-38(91)51(105)54(108)41(94)24-88)59(112)82-35(11-17-48(102)103)61(114)80-33(62(115)83-36(26-120)64(117)118)9-15-45(98)74-21-39(92)52(106)55(109)42(95)25-89/h3-6,18,27,31-42,50-55,87-95,104-109,120H,2,7-17,19-26H2,1H3,(H,72,96)(H,73,97)(H,74,98)(H,76,110)(H,78,99)(H,79,113)(H,80,114)(H,81,111)(H,82,112)(H,83,115)(H,100,101)(H,102,103)(H,117,118)(H3,71,75,84,85,116)/t27-,31+,32+,33+,34-,35-,36-,37+,38+,39+,40-,41-,42-,50-,51-,52-,53-,54-,55-/m1/s1. The molecule has 11 amide bonds. The summed E-state index contributed by atoms with van der Waals surface area (Å²) in [6.07, 6.45) is -40.0. The van der Waals surface area contributed by atoms with Gasteiger partial charge in [0.2, 0.25) is 59.1 Å². The molecule has 0 radical (unpaired) electrons. The first-order valence-corrected chi connectivity index (χ1v) is 37.0. The number of aromatic amines is 1. The number of nitrogens with one attached hydrogen (secondary N) is 11. The molecular formula is C67H99F3N16O33S. The maximum atomic E-state index is 14.6. The number of hydrogen-bond donors (Lipinski definition) is 31. The minimum Gasteiger partial charge on any atom is -0.481 e. The van der Waals surface area contributed by atoms with Crippen molar-refractivity contribution >= 4 is 118 Å². The molecule has 1 aromatic carbocycles. The highest BCUT2D eigenvalue weighted by Crippen LogP contribution is 2.27. The number of nitrogens with two attached hydrogens (primary N) is 1. The number of anilines is 2. The lowest BCUT2D eigenvalue weighted by Crippen LogP contribution is -2.59. The van der Waals surface area contributed by atoms with Gasteiger partial charge in [0.1, 0.15) is 91.2 Å². The van der Waals surface area contributed by atoms with Crippen LogP contribution in [0.3, 0.4) is 0 Å². The summed E-state index contributed by atoms with van der Waals surface area (Å²) in [7, 11) is 0. The zero-order valence-electron chi connectivity index (χ0n) is 63.6. The number of nitrogens with zero attached hydrogens (tertiary/aromatic N) is 4. The summed E-state index contributed by atoms with van der Waals surface area (Å²) in [4.78, 5) is 214. The highest BCUT2D eigenvalue weighted by atomic mass is 32.1. The molecule has 0 aliphatic carbocycles.